The number of hydrogen-bond donors (Lipinski definition) is 1. The maximum Gasteiger partial charge on any atom is 0.240 e. The minimum atomic E-state index is -0.410. The first-order valence-electron chi connectivity index (χ1n) is 7.45. The number of thioether (sulfide) groups is 1. The van der Waals surface area contributed by atoms with Crippen molar-refractivity contribution in [2.45, 2.75) is 24.3 Å². The molecule has 0 aliphatic heterocycles. The summed E-state index contributed by atoms with van der Waals surface area (Å²) in [5, 5.41) is 11.6. The quantitative estimate of drug-likeness (QED) is 0.690. The Kier molecular flexibility index (Phi) is 5.30. The van der Waals surface area contributed by atoms with Gasteiger partial charge in [0.1, 0.15) is 6.33 Å². The predicted molar refractivity (Wildman–Crippen MR) is 97.1 cm³/mol. The molecule has 2 heterocycles. The molecule has 3 rings (SSSR count). The molecule has 3 aromatic rings. The first-order valence-corrected chi connectivity index (χ1v) is 8.71. The number of hydrogen-bond acceptors (Lipinski definition) is 6. The van der Waals surface area contributed by atoms with Crippen molar-refractivity contribution < 1.29 is 4.79 Å². The van der Waals surface area contributed by atoms with Crippen molar-refractivity contribution in [1.29, 1.82) is 0 Å². The van der Waals surface area contributed by atoms with Gasteiger partial charge in [-0.1, -0.05) is 29.4 Å². The monoisotopic (exact) mass is 374 g/mol. The van der Waals surface area contributed by atoms with Crippen molar-refractivity contribution >= 4 is 35.2 Å². The number of nitrogens with zero attached hydrogens (tertiary/aromatic N) is 5. The molecule has 1 unspecified atom stereocenters. The average Bonchev–Trinajstić information content (AvgIpc) is 3.06. The molecular formula is C16H15ClN6OS. The molecular weight excluding hydrogens is 360 g/mol. The van der Waals surface area contributed by atoms with Gasteiger partial charge in [0.25, 0.3) is 0 Å². The molecule has 1 N–H and O–H groups in total. The Labute approximate surface area is 153 Å². The van der Waals surface area contributed by atoms with E-state index in [0.717, 1.165) is 11.3 Å². The Morgan fingerprint density at radius 2 is 2.08 bits per heavy atom. The maximum absolute atomic E-state index is 12.3. The third-order valence-corrected chi connectivity index (χ3v) is 4.87. The van der Waals surface area contributed by atoms with Gasteiger partial charge in [-0.2, -0.15) is 0 Å². The Morgan fingerprint density at radius 3 is 2.80 bits per heavy atom. The van der Waals surface area contributed by atoms with Crippen LogP contribution in [0, 0.1) is 6.92 Å². The molecule has 0 aliphatic rings. The summed E-state index contributed by atoms with van der Waals surface area (Å²) in [6.07, 6.45) is 4.73. The molecule has 1 aromatic carbocycles. The van der Waals surface area contributed by atoms with E-state index in [0.29, 0.717) is 10.2 Å². The van der Waals surface area contributed by atoms with E-state index >= 15 is 0 Å². The van der Waals surface area contributed by atoms with Crippen LogP contribution in [-0.2, 0) is 4.79 Å². The van der Waals surface area contributed by atoms with Crippen molar-refractivity contribution in [1.82, 2.24) is 24.7 Å². The lowest BCUT2D eigenvalue weighted by molar-refractivity contribution is -0.115. The maximum atomic E-state index is 12.3. The largest absolute Gasteiger partial charge is 0.294 e. The molecule has 2 aromatic heterocycles. The SMILES string of the molecule is Cc1ccc(-n2cnnc2SC(C)C(=O)Nc2ncccn2)cc1Cl. The molecule has 0 bridgehead atoms. The third kappa shape index (κ3) is 4.15. The standard InChI is InChI=1S/C16H15ClN6OS/c1-10-4-5-12(8-13(10)17)23-9-20-22-16(23)25-11(2)14(24)21-15-18-6-3-7-19-15/h3-9,11H,1-2H3,(H,18,19,21,24). The highest BCUT2D eigenvalue weighted by Gasteiger charge is 2.19. The fourth-order valence-electron chi connectivity index (χ4n) is 2.00. The number of aromatic nitrogens is 5. The molecule has 7 nitrogen and oxygen atoms in total. The first-order chi connectivity index (χ1) is 12.0. The van der Waals surface area contributed by atoms with Crippen LogP contribution in [0.4, 0.5) is 5.95 Å². The number of anilines is 1. The van der Waals surface area contributed by atoms with Crippen LogP contribution in [0.15, 0.2) is 48.1 Å². The number of benzene rings is 1. The molecule has 0 radical (unpaired) electrons. The lowest BCUT2D eigenvalue weighted by Crippen LogP contribution is -2.24. The molecule has 0 saturated carbocycles. The number of aryl methyl sites for hydroxylation is 1. The summed E-state index contributed by atoms with van der Waals surface area (Å²) in [6, 6.07) is 7.38. The van der Waals surface area contributed by atoms with Crippen LogP contribution in [0.2, 0.25) is 5.02 Å². The molecule has 9 heteroatoms. The second-order valence-electron chi connectivity index (χ2n) is 5.24. The van der Waals surface area contributed by atoms with E-state index in [1.54, 1.807) is 36.3 Å². The average molecular weight is 375 g/mol. The van der Waals surface area contributed by atoms with Crippen LogP contribution < -0.4 is 5.32 Å². The summed E-state index contributed by atoms with van der Waals surface area (Å²) in [5.74, 6) is 0.0550. The Bertz CT molecular complexity index is 885. The van der Waals surface area contributed by atoms with Gasteiger partial charge in [-0.3, -0.25) is 14.7 Å². The van der Waals surface area contributed by atoms with Gasteiger partial charge in [-0.05, 0) is 37.6 Å². The highest BCUT2D eigenvalue weighted by molar-refractivity contribution is 8.00. The van der Waals surface area contributed by atoms with Gasteiger partial charge < -0.3 is 0 Å². The van der Waals surface area contributed by atoms with Crippen LogP contribution in [-0.4, -0.2) is 35.9 Å². The number of nitrogens with one attached hydrogen (secondary N) is 1. The summed E-state index contributed by atoms with van der Waals surface area (Å²) >= 11 is 7.48. The Hall–Kier alpha value is -2.45. The summed E-state index contributed by atoms with van der Waals surface area (Å²) in [4.78, 5) is 20.3. The minimum Gasteiger partial charge on any atom is -0.294 e. The molecule has 25 heavy (non-hydrogen) atoms. The predicted octanol–water partition coefficient (Wildman–Crippen LogP) is 3.14. The van der Waals surface area contributed by atoms with Crippen LogP contribution in [0.25, 0.3) is 5.69 Å². The van der Waals surface area contributed by atoms with Crippen molar-refractivity contribution in [3.63, 3.8) is 0 Å². The van der Waals surface area contributed by atoms with Gasteiger partial charge >= 0.3 is 0 Å². The Balaban J connectivity index is 1.74. The van der Waals surface area contributed by atoms with Crippen molar-refractivity contribution in [3.8, 4) is 5.69 Å². The fraction of sp³-hybridized carbons (Fsp3) is 0.188. The minimum absolute atomic E-state index is 0.215. The molecule has 1 atom stereocenters. The zero-order valence-corrected chi connectivity index (χ0v) is 15.1. The van der Waals surface area contributed by atoms with E-state index in [2.05, 4.69) is 25.5 Å². The summed E-state index contributed by atoms with van der Waals surface area (Å²) in [6.45, 7) is 3.72. The van der Waals surface area contributed by atoms with Gasteiger partial charge in [-0.15, -0.1) is 10.2 Å². The lowest BCUT2D eigenvalue weighted by Gasteiger charge is -2.12. The van der Waals surface area contributed by atoms with E-state index in [4.69, 9.17) is 11.6 Å². The van der Waals surface area contributed by atoms with Gasteiger partial charge in [0.15, 0.2) is 5.16 Å². The van der Waals surface area contributed by atoms with Crippen LogP contribution >= 0.6 is 23.4 Å². The summed E-state index contributed by atoms with van der Waals surface area (Å²) < 4.78 is 1.79. The highest BCUT2D eigenvalue weighted by Crippen LogP contribution is 2.26. The van der Waals surface area contributed by atoms with E-state index < -0.39 is 5.25 Å². The van der Waals surface area contributed by atoms with Crippen LogP contribution in [0.5, 0.6) is 0 Å². The second-order valence-corrected chi connectivity index (χ2v) is 6.95. The third-order valence-electron chi connectivity index (χ3n) is 3.40. The number of carbonyl (C=O) groups excluding carboxylic acids is 1. The normalized spacial score (nSPS) is 12.0. The zero-order chi connectivity index (χ0) is 17.8. The summed E-state index contributed by atoms with van der Waals surface area (Å²) in [7, 11) is 0. The molecule has 128 valence electrons. The van der Waals surface area contributed by atoms with Crippen molar-refractivity contribution in [3.05, 3.63) is 53.6 Å². The van der Waals surface area contributed by atoms with E-state index in [9.17, 15) is 4.79 Å². The van der Waals surface area contributed by atoms with Gasteiger partial charge in [0.2, 0.25) is 11.9 Å². The fourth-order valence-corrected chi connectivity index (χ4v) is 3.02. The van der Waals surface area contributed by atoms with E-state index in [1.165, 1.54) is 11.8 Å². The molecule has 0 aliphatic carbocycles. The van der Waals surface area contributed by atoms with Gasteiger partial charge in [-0.25, -0.2) is 9.97 Å². The number of carbonyl (C=O) groups is 1. The van der Waals surface area contributed by atoms with Crippen LogP contribution in [0.1, 0.15) is 12.5 Å². The Morgan fingerprint density at radius 1 is 1.32 bits per heavy atom. The van der Waals surface area contributed by atoms with Crippen LogP contribution in [0.3, 0.4) is 0 Å². The molecule has 0 fully saturated rings. The smallest absolute Gasteiger partial charge is 0.240 e. The van der Waals surface area contributed by atoms with Crippen molar-refractivity contribution in [2.75, 3.05) is 5.32 Å². The van der Waals surface area contributed by atoms with Gasteiger partial charge in [0, 0.05) is 17.4 Å². The number of amides is 1. The first kappa shape index (κ1) is 17.4. The van der Waals surface area contributed by atoms with Crippen molar-refractivity contribution in [2.24, 2.45) is 0 Å². The highest BCUT2D eigenvalue weighted by atomic mass is 35.5. The number of rotatable bonds is 5. The van der Waals surface area contributed by atoms with E-state index in [-0.39, 0.29) is 11.9 Å². The second kappa shape index (κ2) is 7.62. The molecule has 1 amide bonds. The lowest BCUT2D eigenvalue weighted by atomic mass is 10.2. The van der Waals surface area contributed by atoms with E-state index in [1.807, 2.05) is 25.1 Å². The molecule has 0 spiro atoms. The zero-order valence-electron chi connectivity index (χ0n) is 13.5. The number of halogens is 1. The molecule has 0 saturated heterocycles. The summed E-state index contributed by atoms with van der Waals surface area (Å²) in [5.41, 5.74) is 1.82. The van der Waals surface area contributed by atoms with Gasteiger partial charge in [0.05, 0.1) is 10.9 Å². The topological polar surface area (TPSA) is 85.6 Å².